The van der Waals surface area contributed by atoms with Gasteiger partial charge >= 0.3 is 0 Å². The van der Waals surface area contributed by atoms with Crippen LogP contribution in [0.25, 0.3) is 46.4 Å². The van der Waals surface area contributed by atoms with Crippen LogP contribution in [-0.4, -0.2) is 39.9 Å². The van der Waals surface area contributed by atoms with Crippen molar-refractivity contribution in [3.8, 4) is 0 Å². The molecule has 8 nitrogen and oxygen atoms in total. The van der Waals surface area contributed by atoms with Gasteiger partial charge in [-0.15, -0.1) is 0 Å². The van der Waals surface area contributed by atoms with E-state index in [4.69, 9.17) is 0 Å². The number of nitrogens with one attached hydrogen (secondary N) is 2. The van der Waals surface area contributed by atoms with Crippen molar-refractivity contribution in [2.45, 2.75) is 0 Å². The topological polar surface area (TPSA) is 109 Å². The van der Waals surface area contributed by atoms with Gasteiger partial charge in [0.05, 0.1) is 22.8 Å². The molecular weight excluding hydrogens is 658 g/mol. The van der Waals surface area contributed by atoms with Crippen molar-refractivity contribution in [2.24, 2.45) is 0 Å². The summed E-state index contributed by atoms with van der Waals surface area (Å²) in [6.45, 7) is 0. The zero-order chi connectivity index (χ0) is 32.9. The first-order valence-electron chi connectivity index (χ1n) is 14.9. The van der Waals surface area contributed by atoms with E-state index in [2.05, 4.69) is 95.0 Å². The van der Waals surface area contributed by atoms with Crippen LogP contribution in [0.1, 0.15) is 22.8 Å². The smallest absolute Gasteiger partial charge is 0.0659 e. The van der Waals surface area contributed by atoms with Crippen LogP contribution in [0.2, 0.25) is 0 Å². The number of hydrogen-bond acceptors (Lipinski definition) is 6. The van der Waals surface area contributed by atoms with Gasteiger partial charge in [0.25, 0.3) is 0 Å². The van der Waals surface area contributed by atoms with Crippen molar-refractivity contribution in [1.29, 1.82) is 0 Å². The van der Waals surface area contributed by atoms with Gasteiger partial charge in [0.1, 0.15) is 0 Å². The van der Waals surface area contributed by atoms with Crippen molar-refractivity contribution in [3.05, 3.63) is 194 Å². The molecule has 9 heterocycles. The number of H-pyrrole nitrogens is 2. The number of hydrogen-bond donors (Lipinski definition) is 2. The normalized spacial score (nSPS) is 10.1. The predicted octanol–water partition coefficient (Wildman–Crippen LogP) is 8.18. The number of aromatic nitrogens is 8. The van der Waals surface area contributed by atoms with Crippen LogP contribution >= 0.6 is 0 Å². The molecule has 0 amide bonds. The maximum Gasteiger partial charge on any atom is 0.0659 e. The summed E-state index contributed by atoms with van der Waals surface area (Å²) < 4.78 is 0. The van der Waals surface area contributed by atoms with Gasteiger partial charge in [-0.05, 0) is 72.8 Å². The number of nitrogens with zero attached hydrogens (tertiary/aromatic N) is 6. The van der Waals surface area contributed by atoms with Gasteiger partial charge in [0.15, 0.2) is 0 Å². The number of aromatic amines is 2. The quantitative estimate of drug-likeness (QED) is 0.123. The van der Waals surface area contributed by atoms with Crippen molar-refractivity contribution in [1.82, 2.24) is 39.9 Å². The fourth-order valence-electron chi connectivity index (χ4n) is 4.05. The molecule has 0 atom stereocenters. The molecule has 9 heteroatoms. The van der Waals surface area contributed by atoms with Gasteiger partial charge in [0, 0.05) is 41.5 Å². The average molecular weight is 688 g/mol. The first kappa shape index (κ1) is 35.7. The second-order valence-corrected chi connectivity index (χ2v) is 9.74. The Balaban J connectivity index is 0.000000175. The van der Waals surface area contributed by atoms with Crippen LogP contribution in [0.4, 0.5) is 0 Å². The molecule has 0 spiro atoms. The molecule has 236 valence electrons. The molecule has 2 aliphatic heterocycles. The molecule has 0 aliphatic carbocycles. The maximum absolute atomic E-state index is 4.62. The third kappa shape index (κ3) is 13.6. The van der Waals surface area contributed by atoms with E-state index in [-0.39, 0.29) is 19.5 Å². The summed E-state index contributed by atoms with van der Waals surface area (Å²) in [5, 5.41) is 0. The Morgan fingerprint density at radius 3 is 0.918 bits per heavy atom. The summed E-state index contributed by atoms with van der Waals surface area (Å²) in [6, 6.07) is 38.4. The Morgan fingerprint density at radius 2 is 0.673 bits per heavy atom. The minimum Gasteiger partial charge on any atom is -0.394 e. The molecule has 0 fully saturated rings. The molecule has 7 aromatic heterocycles. The van der Waals surface area contributed by atoms with Crippen molar-refractivity contribution < 1.29 is 19.5 Å². The van der Waals surface area contributed by atoms with E-state index < -0.39 is 0 Å². The summed E-state index contributed by atoms with van der Waals surface area (Å²) in [6.07, 6.45) is 25.4. The number of rotatable bonds is 0. The summed E-state index contributed by atoms with van der Waals surface area (Å²) in [7, 11) is 0. The molecular formula is C40H30N8Zn-4. The van der Waals surface area contributed by atoms with Gasteiger partial charge in [-0.2, -0.15) is 72.8 Å². The summed E-state index contributed by atoms with van der Waals surface area (Å²) in [5.74, 6) is 0. The van der Waals surface area contributed by atoms with Crippen LogP contribution in [0.5, 0.6) is 0 Å². The molecule has 0 saturated heterocycles. The van der Waals surface area contributed by atoms with Crippen LogP contribution < -0.4 is 0 Å². The van der Waals surface area contributed by atoms with E-state index in [1.807, 2.05) is 91.0 Å². The summed E-state index contributed by atoms with van der Waals surface area (Å²) in [5.41, 5.74) is 7.86. The van der Waals surface area contributed by atoms with E-state index in [1.54, 1.807) is 49.1 Å². The molecule has 8 bridgehead atoms. The fraction of sp³-hybridized carbons (Fsp3) is 0. The monoisotopic (exact) mass is 686 g/mol. The van der Waals surface area contributed by atoms with Gasteiger partial charge in [0.2, 0.25) is 0 Å². The molecule has 9 rings (SSSR count). The molecule has 0 unspecified atom stereocenters. The first-order valence-corrected chi connectivity index (χ1v) is 14.9. The molecule has 2 N–H and O–H groups in total. The predicted molar refractivity (Wildman–Crippen MR) is 191 cm³/mol. The third-order valence-electron chi connectivity index (χ3n) is 6.11. The van der Waals surface area contributed by atoms with Crippen LogP contribution in [0.15, 0.2) is 146 Å². The third-order valence-corrected chi connectivity index (χ3v) is 6.11. The fourth-order valence-corrected chi connectivity index (χ4v) is 4.05. The zero-order valence-corrected chi connectivity index (χ0v) is 29.5. The van der Waals surface area contributed by atoms with Gasteiger partial charge in [-0.25, -0.2) is 9.97 Å². The maximum atomic E-state index is 4.62. The Kier molecular flexibility index (Phi) is 15.2. The van der Waals surface area contributed by atoms with E-state index in [1.165, 1.54) is 0 Å². The van der Waals surface area contributed by atoms with E-state index in [0.29, 0.717) is 0 Å². The van der Waals surface area contributed by atoms with Crippen molar-refractivity contribution in [3.63, 3.8) is 0 Å². The molecule has 7 aromatic rings. The average Bonchev–Trinajstić information content (AvgIpc) is 4.00. The van der Waals surface area contributed by atoms with Crippen LogP contribution in [-0.2, 0) is 19.5 Å². The standard InChI is InChI=1S/C20H14N4.4C5H4N.Zn/c1-2-14-10-16-5-6-18(23-16)12-20-8-7-19(24-20)11-17-4-3-15(22-17)9-13(1)21-14;4*1-2-4-6-5-3-1;/h1-12,21-22H;4*1-4H;/q;4*-1;. The van der Waals surface area contributed by atoms with Gasteiger partial charge < -0.3 is 29.9 Å². The Bertz CT molecular complexity index is 1810. The van der Waals surface area contributed by atoms with Crippen molar-refractivity contribution >= 4 is 46.4 Å². The van der Waals surface area contributed by atoms with Gasteiger partial charge in [-0.1, -0.05) is 49.6 Å². The number of fused-ring (bicyclic) bond motifs is 8. The largest absolute Gasteiger partial charge is 0.394 e. The SMILES string of the molecule is C1=Cc2cc3ccc(cc4ccc(cc5nc(cc1n2)C=C5)[nH]4)[nH]3.[Zn].[c-]1ccccn1.[c-]1ccccn1.[c-]1ccccn1.[c-]1ccccn1. The van der Waals surface area contributed by atoms with Crippen LogP contribution in [0.3, 0.4) is 0 Å². The first-order chi connectivity index (χ1) is 23.8. The molecule has 0 saturated carbocycles. The van der Waals surface area contributed by atoms with Crippen LogP contribution in [0, 0.1) is 24.8 Å². The Hall–Kier alpha value is -6.18. The molecule has 0 radical (unpaired) electrons. The Morgan fingerprint density at radius 1 is 0.367 bits per heavy atom. The molecule has 49 heavy (non-hydrogen) atoms. The van der Waals surface area contributed by atoms with E-state index in [9.17, 15) is 0 Å². The second-order valence-electron chi connectivity index (χ2n) is 9.74. The summed E-state index contributed by atoms with van der Waals surface area (Å²) in [4.78, 5) is 30.7. The van der Waals surface area contributed by atoms with Crippen molar-refractivity contribution in [2.75, 3.05) is 0 Å². The van der Waals surface area contributed by atoms with E-state index in [0.717, 1.165) is 44.8 Å². The zero-order valence-electron chi connectivity index (χ0n) is 26.6. The second kappa shape index (κ2) is 20.8. The number of pyridine rings is 4. The minimum atomic E-state index is 0. The van der Waals surface area contributed by atoms with Gasteiger partial charge in [-0.3, -0.25) is 0 Å². The molecule has 0 aromatic carbocycles. The minimum absolute atomic E-state index is 0. The Labute approximate surface area is 298 Å². The molecule has 2 aliphatic rings. The van der Waals surface area contributed by atoms with E-state index >= 15 is 0 Å². The summed E-state index contributed by atoms with van der Waals surface area (Å²) >= 11 is 0.